The SMILES string of the molecule is COc1cc2c(cc1I)NCC2C(C)CNC(C)=O. The van der Waals surface area contributed by atoms with E-state index in [4.69, 9.17) is 4.74 Å². The Morgan fingerprint density at radius 3 is 3.00 bits per heavy atom. The molecule has 2 atom stereocenters. The van der Waals surface area contributed by atoms with Gasteiger partial charge in [-0.1, -0.05) is 6.92 Å². The number of hydrogen-bond acceptors (Lipinski definition) is 3. The number of amides is 1. The number of fused-ring (bicyclic) bond motifs is 1. The molecule has 5 heteroatoms. The van der Waals surface area contributed by atoms with Crippen LogP contribution in [0.2, 0.25) is 0 Å². The van der Waals surface area contributed by atoms with Crippen molar-refractivity contribution >= 4 is 34.2 Å². The van der Waals surface area contributed by atoms with Crippen LogP contribution in [0.15, 0.2) is 12.1 Å². The lowest BCUT2D eigenvalue weighted by atomic mass is 9.88. The number of methoxy groups -OCH3 is 1. The second kappa shape index (κ2) is 5.98. The molecule has 0 spiro atoms. The minimum absolute atomic E-state index is 0.0261. The van der Waals surface area contributed by atoms with Gasteiger partial charge in [-0.3, -0.25) is 4.79 Å². The maximum atomic E-state index is 11.0. The van der Waals surface area contributed by atoms with Crippen LogP contribution in [0, 0.1) is 9.49 Å². The van der Waals surface area contributed by atoms with E-state index in [-0.39, 0.29) is 5.91 Å². The smallest absolute Gasteiger partial charge is 0.216 e. The number of nitrogens with one attached hydrogen (secondary N) is 2. The molecule has 0 aromatic heterocycles. The Morgan fingerprint density at radius 1 is 1.63 bits per heavy atom. The first-order valence-corrected chi connectivity index (χ1v) is 7.46. The lowest BCUT2D eigenvalue weighted by Crippen LogP contribution is -2.29. The number of anilines is 1. The third-order valence-corrected chi connectivity index (χ3v) is 4.44. The zero-order valence-corrected chi connectivity index (χ0v) is 13.6. The van der Waals surface area contributed by atoms with Crippen molar-refractivity contribution in [2.75, 3.05) is 25.5 Å². The van der Waals surface area contributed by atoms with Crippen LogP contribution in [0.25, 0.3) is 0 Å². The molecule has 2 N–H and O–H groups in total. The molecule has 0 aliphatic carbocycles. The van der Waals surface area contributed by atoms with Crippen LogP contribution in [-0.4, -0.2) is 26.1 Å². The third kappa shape index (κ3) is 3.13. The van der Waals surface area contributed by atoms with Crippen molar-refractivity contribution in [1.82, 2.24) is 5.32 Å². The van der Waals surface area contributed by atoms with Gasteiger partial charge in [-0.15, -0.1) is 0 Å². The van der Waals surface area contributed by atoms with E-state index in [0.29, 0.717) is 18.4 Å². The van der Waals surface area contributed by atoms with Gasteiger partial charge in [-0.2, -0.15) is 0 Å². The lowest BCUT2D eigenvalue weighted by molar-refractivity contribution is -0.119. The van der Waals surface area contributed by atoms with Crippen molar-refractivity contribution in [2.24, 2.45) is 5.92 Å². The molecule has 1 aliphatic heterocycles. The van der Waals surface area contributed by atoms with Crippen LogP contribution in [0.5, 0.6) is 5.75 Å². The van der Waals surface area contributed by atoms with Crippen molar-refractivity contribution in [1.29, 1.82) is 0 Å². The Kier molecular flexibility index (Phi) is 4.54. The summed E-state index contributed by atoms with van der Waals surface area (Å²) in [4.78, 5) is 11.0. The van der Waals surface area contributed by atoms with Crippen molar-refractivity contribution in [3.8, 4) is 5.75 Å². The number of ether oxygens (including phenoxy) is 1. The molecule has 1 aromatic carbocycles. The zero-order chi connectivity index (χ0) is 14.0. The van der Waals surface area contributed by atoms with Crippen LogP contribution < -0.4 is 15.4 Å². The summed E-state index contributed by atoms with van der Waals surface area (Å²) in [6, 6.07) is 4.24. The molecule has 0 saturated heterocycles. The molecule has 4 nitrogen and oxygen atoms in total. The minimum Gasteiger partial charge on any atom is -0.496 e. The zero-order valence-electron chi connectivity index (χ0n) is 11.4. The van der Waals surface area contributed by atoms with Gasteiger partial charge in [-0.05, 0) is 46.2 Å². The highest BCUT2D eigenvalue weighted by Crippen LogP contribution is 2.40. The fourth-order valence-electron chi connectivity index (χ4n) is 2.47. The fourth-order valence-corrected chi connectivity index (χ4v) is 3.16. The van der Waals surface area contributed by atoms with E-state index in [9.17, 15) is 4.79 Å². The third-order valence-electron chi connectivity index (χ3n) is 3.60. The van der Waals surface area contributed by atoms with E-state index in [2.05, 4.69) is 52.3 Å². The average molecular weight is 374 g/mol. The van der Waals surface area contributed by atoms with Crippen molar-refractivity contribution < 1.29 is 9.53 Å². The average Bonchev–Trinajstić information content (AvgIpc) is 2.77. The standard InChI is InChI=1S/C14H19IN2O2/c1-8(6-16-9(2)18)11-7-17-13-5-12(15)14(19-3)4-10(11)13/h4-5,8,11,17H,6-7H2,1-3H3,(H,16,18). The molecular weight excluding hydrogens is 355 g/mol. The largest absolute Gasteiger partial charge is 0.496 e. The number of halogens is 1. The van der Waals surface area contributed by atoms with Crippen molar-refractivity contribution in [3.63, 3.8) is 0 Å². The van der Waals surface area contributed by atoms with Gasteiger partial charge in [0.15, 0.2) is 0 Å². The maximum Gasteiger partial charge on any atom is 0.216 e. The minimum atomic E-state index is 0.0261. The lowest BCUT2D eigenvalue weighted by Gasteiger charge is -2.20. The molecular formula is C14H19IN2O2. The van der Waals surface area contributed by atoms with E-state index in [0.717, 1.165) is 15.9 Å². The summed E-state index contributed by atoms with van der Waals surface area (Å²) in [5, 5.41) is 6.33. The summed E-state index contributed by atoms with van der Waals surface area (Å²) in [6.45, 7) is 5.34. The summed E-state index contributed by atoms with van der Waals surface area (Å²) in [5.74, 6) is 1.74. The van der Waals surface area contributed by atoms with Gasteiger partial charge in [0.1, 0.15) is 5.75 Å². The Bertz CT molecular complexity index is 491. The predicted molar refractivity (Wildman–Crippen MR) is 84.8 cm³/mol. The number of benzene rings is 1. The fraction of sp³-hybridized carbons (Fsp3) is 0.500. The molecule has 1 aliphatic rings. The molecule has 19 heavy (non-hydrogen) atoms. The number of hydrogen-bond donors (Lipinski definition) is 2. The molecule has 0 radical (unpaired) electrons. The quantitative estimate of drug-likeness (QED) is 0.797. The molecule has 0 fully saturated rings. The summed E-state index contributed by atoms with van der Waals surface area (Å²) in [7, 11) is 1.70. The van der Waals surface area contributed by atoms with Crippen LogP contribution in [0.1, 0.15) is 25.3 Å². The van der Waals surface area contributed by atoms with Gasteiger partial charge in [0.2, 0.25) is 5.91 Å². The predicted octanol–water partition coefficient (Wildman–Crippen LogP) is 2.58. The number of carbonyl (C=O) groups excluding carboxylic acids is 1. The van der Waals surface area contributed by atoms with E-state index in [1.807, 2.05) is 0 Å². The summed E-state index contributed by atoms with van der Waals surface area (Å²) >= 11 is 2.28. The number of rotatable bonds is 4. The molecule has 1 amide bonds. The molecule has 2 rings (SSSR count). The van der Waals surface area contributed by atoms with Gasteiger partial charge in [0.25, 0.3) is 0 Å². The highest BCUT2D eigenvalue weighted by Gasteiger charge is 2.28. The molecule has 1 aromatic rings. The first-order chi connectivity index (χ1) is 9.02. The monoisotopic (exact) mass is 374 g/mol. The normalized spacial score (nSPS) is 18.4. The van der Waals surface area contributed by atoms with Crippen LogP contribution in [0.4, 0.5) is 5.69 Å². The number of carbonyl (C=O) groups is 1. The van der Waals surface area contributed by atoms with Crippen LogP contribution >= 0.6 is 22.6 Å². The molecule has 104 valence electrons. The molecule has 2 unspecified atom stereocenters. The summed E-state index contributed by atoms with van der Waals surface area (Å²) in [5.41, 5.74) is 2.47. The van der Waals surface area contributed by atoms with Gasteiger partial charge >= 0.3 is 0 Å². The Balaban J connectivity index is 2.18. The first-order valence-electron chi connectivity index (χ1n) is 6.38. The Morgan fingerprint density at radius 2 is 2.37 bits per heavy atom. The maximum absolute atomic E-state index is 11.0. The van der Waals surface area contributed by atoms with Crippen molar-refractivity contribution in [3.05, 3.63) is 21.3 Å². The van der Waals surface area contributed by atoms with E-state index >= 15 is 0 Å². The van der Waals surface area contributed by atoms with Gasteiger partial charge in [0.05, 0.1) is 10.7 Å². The topological polar surface area (TPSA) is 50.4 Å². The van der Waals surface area contributed by atoms with E-state index in [1.165, 1.54) is 11.3 Å². The highest BCUT2D eigenvalue weighted by atomic mass is 127. The first kappa shape index (κ1) is 14.4. The van der Waals surface area contributed by atoms with Crippen LogP contribution in [0.3, 0.4) is 0 Å². The van der Waals surface area contributed by atoms with Gasteiger partial charge in [-0.25, -0.2) is 0 Å². The van der Waals surface area contributed by atoms with E-state index < -0.39 is 0 Å². The Hall–Kier alpha value is -0.980. The second-order valence-corrected chi connectivity index (χ2v) is 6.14. The van der Waals surface area contributed by atoms with Crippen LogP contribution in [-0.2, 0) is 4.79 Å². The van der Waals surface area contributed by atoms with Gasteiger partial charge < -0.3 is 15.4 Å². The van der Waals surface area contributed by atoms with E-state index in [1.54, 1.807) is 14.0 Å². The molecule has 1 heterocycles. The van der Waals surface area contributed by atoms with Crippen molar-refractivity contribution in [2.45, 2.75) is 19.8 Å². The highest BCUT2D eigenvalue weighted by molar-refractivity contribution is 14.1. The van der Waals surface area contributed by atoms with Gasteiger partial charge in [0, 0.05) is 31.6 Å². The summed E-state index contributed by atoms with van der Waals surface area (Å²) < 4.78 is 6.50. The second-order valence-electron chi connectivity index (χ2n) is 4.98. The summed E-state index contributed by atoms with van der Waals surface area (Å²) in [6.07, 6.45) is 0. The Labute approximate surface area is 127 Å². The molecule has 0 saturated carbocycles. The molecule has 0 bridgehead atoms.